The minimum absolute atomic E-state index is 0.243. The molecule has 4 rings (SSSR count). The number of carbonyl (C=O) groups excluding carboxylic acids is 2. The van der Waals surface area contributed by atoms with E-state index in [1.165, 1.54) is 26.2 Å². The molecule has 176 valence electrons. The molecule has 2 N–H and O–H groups in total. The van der Waals surface area contributed by atoms with Gasteiger partial charge in [0, 0.05) is 24.9 Å². The lowest BCUT2D eigenvalue weighted by Gasteiger charge is -2.17. The smallest absolute Gasteiger partial charge is 0.323 e. The van der Waals surface area contributed by atoms with Crippen molar-refractivity contribution in [3.63, 3.8) is 0 Å². The molecule has 0 atom stereocenters. The van der Waals surface area contributed by atoms with E-state index in [9.17, 15) is 9.59 Å². The number of anilines is 3. The fraction of sp³-hybridized carbons (Fsp3) is 0.200. The first-order chi connectivity index (χ1) is 16.3. The predicted molar refractivity (Wildman–Crippen MR) is 129 cm³/mol. The normalized spacial score (nSPS) is 12.0. The number of amides is 3. The number of fused-ring (bicyclic) bond motifs is 2. The Labute approximate surface area is 197 Å². The van der Waals surface area contributed by atoms with Gasteiger partial charge in [0.05, 0.1) is 38.3 Å². The van der Waals surface area contributed by atoms with Gasteiger partial charge in [-0.3, -0.25) is 4.79 Å². The summed E-state index contributed by atoms with van der Waals surface area (Å²) in [7, 11) is 6.18. The second kappa shape index (κ2) is 9.22. The third kappa shape index (κ3) is 4.27. The Morgan fingerprint density at radius 3 is 2.15 bits per heavy atom. The first kappa shape index (κ1) is 22.8. The van der Waals surface area contributed by atoms with Crippen LogP contribution in [0.5, 0.6) is 28.7 Å². The molecule has 0 radical (unpaired) electrons. The van der Waals surface area contributed by atoms with Crippen molar-refractivity contribution in [1.82, 2.24) is 0 Å². The molecule has 1 aliphatic rings. The molecule has 9 nitrogen and oxygen atoms in total. The Morgan fingerprint density at radius 2 is 1.50 bits per heavy atom. The van der Waals surface area contributed by atoms with Crippen LogP contribution in [0.2, 0.25) is 0 Å². The van der Waals surface area contributed by atoms with Crippen LogP contribution in [0.25, 0.3) is 0 Å². The van der Waals surface area contributed by atoms with Gasteiger partial charge in [-0.05, 0) is 42.8 Å². The van der Waals surface area contributed by atoms with E-state index in [0.717, 1.165) is 5.56 Å². The van der Waals surface area contributed by atoms with Crippen LogP contribution in [0.15, 0.2) is 48.5 Å². The maximum atomic E-state index is 13.1. The number of carbonyl (C=O) groups is 2. The lowest BCUT2D eigenvalue weighted by molar-refractivity contribution is 0.0993. The van der Waals surface area contributed by atoms with Gasteiger partial charge >= 0.3 is 6.03 Å². The lowest BCUT2D eigenvalue weighted by Crippen LogP contribution is -2.25. The molecule has 0 aliphatic carbocycles. The summed E-state index contributed by atoms with van der Waals surface area (Å²) in [4.78, 5) is 27.3. The fourth-order valence-corrected chi connectivity index (χ4v) is 3.69. The molecule has 0 saturated heterocycles. The largest absolute Gasteiger partial charge is 0.493 e. The molecule has 1 heterocycles. The first-order valence-electron chi connectivity index (χ1n) is 10.4. The van der Waals surface area contributed by atoms with E-state index in [2.05, 4.69) is 10.6 Å². The van der Waals surface area contributed by atoms with Crippen LogP contribution in [0.4, 0.5) is 21.9 Å². The van der Waals surface area contributed by atoms with Gasteiger partial charge in [-0.2, -0.15) is 0 Å². The van der Waals surface area contributed by atoms with Crippen LogP contribution in [-0.2, 0) is 0 Å². The Kier molecular flexibility index (Phi) is 6.18. The van der Waals surface area contributed by atoms with E-state index >= 15 is 0 Å². The molecule has 0 unspecified atom stereocenters. The molecular weight excluding hydrogens is 438 g/mol. The lowest BCUT2D eigenvalue weighted by atomic mass is 10.1. The van der Waals surface area contributed by atoms with E-state index < -0.39 is 6.03 Å². The standard InChI is InChI=1S/C25H25N3O6/c1-14-6-8-20-18(10-14)28(2)24(29)17-11-15(7-9-19(17)34-20)26-25(30)27-16-12-21(31-3)23(33-5)22(13-16)32-4/h6-13H,1-5H3,(H2,26,27,30). The number of ether oxygens (including phenoxy) is 4. The van der Waals surface area contributed by atoms with Crippen LogP contribution in [0.1, 0.15) is 15.9 Å². The maximum Gasteiger partial charge on any atom is 0.323 e. The highest BCUT2D eigenvalue weighted by Crippen LogP contribution is 2.41. The third-order valence-electron chi connectivity index (χ3n) is 5.39. The quantitative estimate of drug-likeness (QED) is 0.550. The van der Waals surface area contributed by atoms with Gasteiger partial charge in [-0.1, -0.05) is 6.07 Å². The summed E-state index contributed by atoms with van der Waals surface area (Å²) in [5.74, 6) is 1.98. The Morgan fingerprint density at radius 1 is 0.853 bits per heavy atom. The topological polar surface area (TPSA) is 98.4 Å². The van der Waals surface area contributed by atoms with Crippen molar-refractivity contribution in [2.45, 2.75) is 6.92 Å². The number of hydrogen-bond donors (Lipinski definition) is 2. The number of rotatable bonds is 5. The van der Waals surface area contributed by atoms with Crippen molar-refractivity contribution < 1.29 is 28.5 Å². The van der Waals surface area contributed by atoms with Crippen LogP contribution in [0, 0.1) is 6.92 Å². The van der Waals surface area contributed by atoms with Crippen LogP contribution in [0.3, 0.4) is 0 Å². The van der Waals surface area contributed by atoms with E-state index in [-0.39, 0.29) is 5.91 Å². The molecule has 0 bridgehead atoms. The van der Waals surface area contributed by atoms with Crippen molar-refractivity contribution >= 4 is 29.0 Å². The highest BCUT2D eigenvalue weighted by atomic mass is 16.5. The second-order valence-electron chi connectivity index (χ2n) is 7.64. The zero-order valence-electron chi connectivity index (χ0n) is 19.5. The average molecular weight is 463 g/mol. The number of nitrogens with zero attached hydrogens (tertiary/aromatic N) is 1. The molecule has 3 aromatic carbocycles. The van der Waals surface area contributed by atoms with Gasteiger partial charge < -0.3 is 34.5 Å². The van der Waals surface area contributed by atoms with Crippen LogP contribution < -0.4 is 34.5 Å². The molecule has 0 aromatic heterocycles. The monoisotopic (exact) mass is 463 g/mol. The summed E-state index contributed by atoms with van der Waals surface area (Å²) in [5, 5.41) is 5.47. The van der Waals surface area contributed by atoms with Gasteiger partial charge in [0.25, 0.3) is 5.91 Å². The summed E-state index contributed by atoms with van der Waals surface area (Å²) < 4.78 is 21.9. The Hall–Kier alpha value is -4.40. The summed E-state index contributed by atoms with van der Waals surface area (Å²) in [6.07, 6.45) is 0. The molecule has 34 heavy (non-hydrogen) atoms. The van der Waals surface area contributed by atoms with Crippen molar-refractivity contribution in [2.75, 3.05) is 43.9 Å². The number of urea groups is 1. The fourth-order valence-electron chi connectivity index (χ4n) is 3.69. The maximum absolute atomic E-state index is 13.1. The summed E-state index contributed by atoms with van der Waals surface area (Å²) in [5.41, 5.74) is 2.89. The molecular formula is C25H25N3O6. The van der Waals surface area contributed by atoms with E-state index in [1.807, 2.05) is 25.1 Å². The minimum Gasteiger partial charge on any atom is -0.493 e. The zero-order chi connectivity index (χ0) is 24.4. The van der Waals surface area contributed by atoms with Gasteiger partial charge in [-0.15, -0.1) is 0 Å². The van der Waals surface area contributed by atoms with Crippen molar-refractivity contribution in [3.05, 3.63) is 59.7 Å². The predicted octanol–water partition coefficient (Wildman–Crippen LogP) is 5.05. The summed E-state index contributed by atoms with van der Waals surface area (Å²) >= 11 is 0. The number of benzene rings is 3. The van der Waals surface area contributed by atoms with E-state index in [1.54, 1.807) is 37.4 Å². The number of methoxy groups -OCH3 is 3. The molecule has 3 amide bonds. The Bertz CT molecular complexity index is 1250. The SMILES string of the molecule is COc1cc(NC(=O)Nc2ccc3c(c2)C(=O)N(C)c2cc(C)ccc2O3)cc(OC)c1OC. The molecule has 1 aliphatic heterocycles. The van der Waals surface area contributed by atoms with Gasteiger partial charge in [0.1, 0.15) is 5.75 Å². The first-order valence-corrected chi connectivity index (χ1v) is 10.4. The third-order valence-corrected chi connectivity index (χ3v) is 5.39. The molecule has 3 aromatic rings. The van der Waals surface area contributed by atoms with Crippen LogP contribution >= 0.6 is 0 Å². The van der Waals surface area contributed by atoms with E-state index in [4.69, 9.17) is 18.9 Å². The number of hydrogen-bond acceptors (Lipinski definition) is 6. The highest BCUT2D eigenvalue weighted by Gasteiger charge is 2.26. The highest BCUT2D eigenvalue weighted by molar-refractivity contribution is 6.10. The van der Waals surface area contributed by atoms with Gasteiger partial charge in [0.2, 0.25) is 5.75 Å². The average Bonchev–Trinajstić information content (AvgIpc) is 2.93. The molecule has 0 spiro atoms. The molecule has 0 saturated carbocycles. The van der Waals surface area contributed by atoms with E-state index in [0.29, 0.717) is 51.4 Å². The number of aryl methyl sites for hydroxylation is 1. The van der Waals surface area contributed by atoms with Gasteiger partial charge in [0.15, 0.2) is 17.2 Å². The molecule has 0 fully saturated rings. The van der Waals surface area contributed by atoms with Gasteiger partial charge in [-0.25, -0.2) is 4.79 Å². The number of nitrogens with one attached hydrogen (secondary N) is 2. The molecule has 9 heteroatoms. The Balaban J connectivity index is 1.56. The zero-order valence-corrected chi connectivity index (χ0v) is 19.5. The van der Waals surface area contributed by atoms with Crippen molar-refractivity contribution in [1.29, 1.82) is 0 Å². The van der Waals surface area contributed by atoms with Crippen LogP contribution in [-0.4, -0.2) is 40.3 Å². The summed E-state index contributed by atoms with van der Waals surface area (Å²) in [6.45, 7) is 1.95. The second-order valence-corrected chi connectivity index (χ2v) is 7.64. The minimum atomic E-state index is -0.511. The summed E-state index contributed by atoms with van der Waals surface area (Å²) in [6, 6.07) is 13.3. The van der Waals surface area contributed by atoms with Crippen molar-refractivity contribution in [3.8, 4) is 28.7 Å². The van der Waals surface area contributed by atoms with Crippen molar-refractivity contribution in [2.24, 2.45) is 0 Å².